The predicted molar refractivity (Wildman–Crippen MR) is 76.0 cm³/mol. The van der Waals surface area contributed by atoms with Crippen LogP contribution in [0, 0.1) is 11.3 Å². The summed E-state index contributed by atoms with van der Waals surface area (Å²) in [6, 6.07) is 9.67. The number of hydrazone groups is 1. The molecule has 0 atom stereocenters. The van der Waals surface area contributed by atoms with Gasteiger partial charge in [0.15, 0.2) is 0 Å². The van der Waals surface area contributed by atoms with E-state index in [1.54, 1.807) is 12.3 Å². The van der Waals surface area contributed by atoms with Gasteiger partial charge in [-0.3, -0.25) is 4.79 Å². The number of carbonyl (C=O) groups excluding carboxylic acids is 1. The SMILES string of the molecule is CCN(CC)c1ccc(/C=N/NC(=O)CC#N)cc1. The normalized spacial score (nSPS) is 10.2. The minimum atomic E-state index is -0.404. The van der Waals surface area contributed by atoms with Crippen molar-refractivity contribution in [1.29, 1.82) is 5.26 Å². The molecule has 1 aromatic carbocycles. The number of anilines is 1. The summed E-state index contributed by atoms with van der Waals surface area (Å²) in [7, 11) is 0. The number of nitrogens with one attached hydrogen (secondary N) is 1. The highest BCUT2D eigenvalue weighted by atomic mass is 16.2. The van der Waals surface area contributed by atoms with E-state index in [2.05, 4.69) is 29.3 Å². The Morgan fingerprint density at radius 3 is 2.53 bits per heavy atom. The first-order chi connectivity index (χ1) is 9.21. The molecule has 0 unspecified atom stereocenters. The highest BCUT2D eigenvalue weighted by Crippen LogP contribution is 2.13. The lowest BCUT2D eigenvalue weighted by atomic mass is 10.2. The highest BCUT2D eigenvalue weighted by molar-refractivity contribution is 5.83. The third-order valence-corrected chi connectivity index (χ3v) is 2.66. The van der Waals surface area contributed by atoms with Crippen LogP contribution in [0.15, 0.2) is 29.4 Å². The van der Waals surface area contributed by atoms with Gasteiger partial charge >= 0.3 is 0 Å². The van der Waals surface area contributed by atoms with E-state index in [1.165, 1.54) is 0 Å². The average molecular weight is 258 g/mol. The van der Waals surface area contributed by atoms with Crippen LogP contribution in [-0.2, 0) is 4.79 Å². The van der Waals surface area contributed by atoms with Crippen LogP contribution in [0.5, 0.6) is 0 Å². The number of carbonyl (C=O) groups is 1. The van der Waals surface area contributed by atoms with Gasteiger partial charge in [0, 0.05) is 18.8 Å². The summed E-state index contributed by atoms with van der Waals surface area (Å²) in [5, 5.41) is 12.1. The van der Waals surface area contributed by atoms with Crippen LogP contribution < -0.4 is 10.3 Å². The summed E-state index contributed by atoms with van der Waals surface area (Å²) in [5.41, 5.74) is 4.35. The topological polar surface area (TPSA) is 68.5 Å². The van der Waals surface area contributed by atoms with Gasteiger partial charge in [-0.1, -0.05) is 12.1 Å². The number of hydrogen-bond donors (Lipinski definition) is 1. The maximum atomic E-state index is 11.0. The number of nitrogens with zero attached hydrogens (tertiary/aromatic N) is 3. The lowest BCUT2D eigenvalue weighted by molar-refractivity contribution is -0.120. The van der Waals surface area contributed by atoms with Gasteiger partial charge in [-0.25, -0.2) is 5.43 Å². The first-order valence-corrected chi connectivity index (χ1v) is 6.25. The standard InChI is InChI=1S/C14H18N4O/c1-3-18(4-2)13-7-5-12(6-8-13)11-16-17-14(19)9-10-15/h5-8,11H,3-4,9H2,1-2H3,(H,17,19)/b16-11+. The third kappa shape index (κ3) is 4.80. The Labute approximate surface area is 113 Å². The zero-order valence-electron chi connectivity index (χ0n) is 11.3. The summed E-state index contributed by atoms with van der Waals surface area (Å²) in [6.45, 7) is 6.16. The molecule has 0 spiro atoms. The molecule has 1 amide bonds. The lowest BCUT2D eigenvalue weighted by Gasteiger charge is -2.20. The summed E-state index contributed by atoms with van der Waals surface area (Å²) >= 11 is 0. The van der Waals surface area contributed by atoms with Gasteiger partial charge in [-0.2, -0.15) is 10.4 Å². The molecular formula is C14H18N4O. The fraction of sp³-hybridized carbons (Fsp3) is 0.357. The van der Waals surface area contributed by atoms with Crippen LogP contribution in [0.3, 0.4) is 0 Å². The quantitative estimate of drug-likeness (QED) is 0.626. The molecule has 1 rings (SSSR count). The minimum absolute atomic E-state index is 0.182. The molecule has 5 nitrogen and oxygen atoms in total. The van der Waals surface area contributed by atoms with E-state index >= 15 is 0 Å². The van der Waals surface area contributed by atoms with E-state index in [1.807, 2.05) is 24.3 Å². The second kappa shape index (κ2) is 7.88. The monoisotopic (exact) mass is 258 g/mol. The second-order valence-corrected chi connectivity index (χ2v) is 3.89. The van der Waals surface area contributed by atoms with Crippen LogP contribution in [0.1, 0.15) is 25.8 Å². The Morgan fingerprint density at radius 1 is 1.37 bits per heavy atom. The van der Waals surface area contributed by atoms with E-state index < -0.39 is 5.91 Å². The van der Waals surface area contributed by atoms with Crippen molar-refractivity contribution in [3.63, 3.8) is 0 Å². The van der Waals surface area contributed by atoms with E-state index in [4.69, 9.17) is 5.26 Å². The summed E-state index contributed by atoms with van der Waals surface area (Å²) < 4.78 is 0. The van der Waals surface area contributed by atoms with E-state index in [0.717, 1.165) is 24.3 Å². The lowest BCUT2D eigenvalue weighted by Crippen LogP contribution is -2.21. The number of benzene rings is 1. The molecule has 0 saturated heterocycles. The maximum Gasteiger partial charge on any atom is 0.254 e. The Hall–Kier alpha value is -2.35. The molecule has 0 aliphatic rings. The Morgan fingerprint density at radius 2 is 2.00 bits per heavy atom. The van der Waals surface area contributed by atoms with Crippen molar-refractivity contribution in [3.05, 3.63) is 29.8 Å². The van der Waals surface area contributed by atoms with E-state index in [0.29, 0.717) is 0 Å². The first-order valence-electron chi connectivity index (χ1n) is 6.25. The summed E-state index contributed by atoms with van der Waals surface area (Å²) in [6.07, 6.45) is 1.37. The Kier molecular flexibility index (Phi) is 6.10. The van der Waals surface area contributed by atoms with Crippen molar-refractivity contribution in [2.75, 3.05) is 18.0 Å². The number of rotatable bonds is 6. The average Bonchev–Trinajstić information content (AvgIpc) is 2.42. The number of amides is 1. The van der Waals surface area contributed by atoms with E-state index in [9.17, 15) is 4.79 Å². The Bertz CT molecular complexity index is 469. The number of hydrogen-bond acceptors (Lipinski definition) is 4. The highest BCUT2D eigenvalue weighted by Gasteiger charge is 2.00. The van der Waals surface area contributed by atoms with Crippen LogP contribution >= 0.6 is 0 Å². The molecule has 19 heavy (non-hydrogen) atoms. The van der Waals surface area contributed by atoms with Crippen molar-refractivity contribution in [1.82, 2.24) is 5.43 Å². The molecule has 0 fully saturated rings. The molecule has 0 heterocycles. The van der Waals surface area contributed by atoms with Gasteiger partial charge in [-0.05, 0) is 31.5 Å². The summed E-state index contributed by atoms with van der Waals surface area (Å²) in [4.78, 5) is 13.2. The molecule has 1 N–H and O–H groups in total. The molecule has 5 heteroatoms. The summed E-state index contributed by atoms with van der Waals surface area (Å²) in [5.74, 6) is -0.404. The minimum Gasteiger partial charge on any atom is -0.372 e. The largest absolute Gasteiger partial charge is 0.372 e. The molecule has 0 aromatic heterocycles. The zero-order chi connectivity index (χ0) is 14.1. The van der Waals surface area contributed by atoms with Crippen molar-refractivity contribution >= 4 is 17.8 Å². The Balaban J connectivity index is 2.60. The molecule has 0 bridgehead atoms. The van der Waals surface area contributed by atoms with Gasteiger partial charge in [0.1, 0.15) is 6.42 Å². The van der Waals surface area contributed by atoms with Crippen molar-refractivity contribution in [2.24, 2.45) is 5.10 Å². The first kappa shape index (κ1) is 14.7. The number of nitriles is 1. The third-order valence-electron chi connectivity index (χ3n) is 2.66. The van der Waals surface area contributed by atoms with Gasteiger partial charge in [0.2, 0.25) is 0 Å². The van der Waals surface area contributed by atoms with Crippen LogP contribution in [0.25, 0.3) is 0 Å². The fourth-order valence-electron chi connectivity index (χ4n) is 1.65. The molecular weight excluding hydrogens is 240 g/mol. The van der Waals surface area contributed by atoms with Crippen LogP contribution in [0.4, 0.5) is 5.69 Å². The second-order valence-electron chi connectivity index (χ2n) is 3.89. The maximum absolute atomic E-state index is 11.0. The van der Waals surface area contributed by atoms with Gasteiger partial charge in [0.05, 0.1) is 12.3 Å². The fourth-order valence-corrected chi connectivity index (χ4v) is 1.65. The zero-order valence-corrected chi connectivity index (χ0v) is 11.3. The predicted octanol–water partition coefficient (Wildman–Crippen LogP) is 1.90. The van der Waals surface area contributed by atoms with Crippen molar-refractivity contribution < 1.29 is 4.79 Å². The molecule has 0 aliphatic heterocycles. The van der Waals surface area contributed by atoms with Gasteiger partial charge in [0.25, 0.3) is 5.91 Å². The van der Waals surface area contributed by atoms with Crippen molar-refractivity contribution in [3.8, 4) is 6.07 Å². The van der Waals surface area contributed by atoms with Crippen molar-refractivity contribution in [2.45, 2.75) is 20.3 Å². The molecule has 0 radical (unpaired) electrons. The molecule has 0 saturated carbocycles. The van der Waals surface area contributed by atoms with Gasteiger partial charge < -0.3 is 4.90 Å². The van der Waals surface area contributed by atoms with Crippen LogP contribution in [-0.4, -0.2) is 25.2 Å². The van der Waals surface area contributed by atoms with Crippen LogP contribution in [0.2, 0.25) is 0 Å². The smallest absolute Gasteiger partial charge is 0.254 e. The van der Waals surface area contributed by atoms with Gasteiger partial charge in [-0.15, -0.1) is 0 Å². The molecule has 1 aromatic rings. The molecule has 0 aliphatic carbocycles. The molecule has 100 valence electrons. The van der Waals surface area contributed by atoms with E-state index in [-0.39, 0.29) is 6.42 Å².